The fraction of sp³-hybridized carbons (Fsp3) is 0.600. The summed E-state index contributed by atoms with van der Waals surface area (Å²) in [4.78, 5) is 5.94. The molecule has 0 N–H and O–H groups in total. The van der Waals surface area contributed by atoms with Gasteiger partial charge in [0.25, 0.3) is 0 Å². The smallest absolute Gasteiger partial charge is 0.0108 e. The van der Waals surface area contributed by atoms with Crippen molar-refractivity contribution in [1.82, 2.24) is 9.80 Å². The molecule has 0 saturated heterocycles. The van der Waals surface area contributed by atoms with Crippen molar-refractivity contribution in [2.24, 2.45) is 0 Å². The fourth-order valence-corrected chi connectivity index (χ4v) is 2.44. The van der Waals surface area contributed by atoms with Crippen molar-refractivity contribution < 1.29 is 0 Å². The molecule has 0 aromatic carbocycles. The van der Waals surface area contributed by atoms with Gasteiger partial charge in [0.05, 0.1) is 0 Å². The van der Waals surface area contributed by atoms with Crippen LogP contribution in [-0.2, 0) is 0 Å². The lowest BCUT2D eigenvalue weighted by Gasteiger charge is -2.19. The molecular weight excluding hydrogens is 240 g/mol. The van der Waals surface area contributed by atoms with E-state index in [1.54, 1.807) is 0 Å². The average molecular weight is 268 g/mol. The van der Waals surface area contributed by atoms with E-state index in [0.29, 0.717) is 0 Å². The second-order valence-electron chi connectivity index (χ2n) is 4.41. The zero-order valence-corrected chi connectivity index (χ0v) is 13.0. The van der Waals surface area contributed by atoms with Crippen LogP contribution in [-0.4, -0.2) is 55.8 Å². The Balaban J connectivity index is 3.64. The molecule has 0 spiro atoms. The molecule has 0 rings (SSSR count). The van der Waals surface area contributed by atoms with Crippen molar-refractivity contribution in [3.63, 3.8) is 0 Å². The van der Waals surface area contributed by atoms with Crippen LogP contribution in [0.1, 0.15) is 13.3 Å². The van der Waals surface area contributed by atoms with Crippen molar-refractivity contribution >= 4 is 11.8 Å². The first-order valence-electron chi connectivity index (χ1n) is 6.59. The monoisotopic (exact) mass is 268 g/mol. The van der Waals surface area contributed by atoms with E-state index >= 15 is 0 Å². The van der Waals surface area contributed by atoms with Crippen LogP contribution >= 0.6 is 11.8 Å². The quantitative estimate of drug-likeness (QED) is 0.531. The molecule has 0 fully saturated rings. The van der Waals surface area contributed by atoms with Crippen molar-refractivity contribution in [3.05, 3.63) is 36.3 Å². The van der Waals surface area contributed by atoms with E-state index in [2.05, 4.69) is 44.0 Å². The summed E-state index contributed by atoms with van der Waals surface area (Å²) in [6, 6.07) is 0. The predicted molar refractivity (Wildman–Crippen MR) is 86.2 cm³/mol. The Morgan fingerprint density at radius 1 is 1.11 bits per heavy atom. The van der Waals surface area contributed by atoms with E-state index < -0.39 is 0 Å². The van der Waals surface area contributed by atoms with Crippen molar-refractivity contribution in [2.45, 2.75) is 13.3 Å². The fourth-order valence-electron chi connectivity index (χ4n) is 1.49. The lowest BCUT2D eigenvalue weighted by Crippen LogP contribution is -2.27. The molecule has 104 valence electrons. The first-order chi connectivity index (χ1) is 8.63. The lowest BCUT2D eigenvalue weighted by molar-refractivity contribution is 0.294. The number of thioether (sulfide) groups is 1. The lowest BCUT2D eigenvalue weighted by atomic mass is 10.3. The number of hydrogen-bond donors (Lipinski definition) is 0. The van der Waals surface area contributed by atoms with E-state index in [-0.39, 0.29) is 0 Å². The van der Waals surface area contributed by atoms with Gasteiger partial charge in [0.1, 0.15) is 0 Å². The van der Waals surface area contributed by atoms with E-state index in [1.165, 1.54) is 24.4 Å². The van der Waals surface area contributed by atoms with Gasteiger partial charge in [-0.3, -0.25) is 0 Å². The highest BCUT2D eigenvalue weighted by Crippen LogP contribution is 2.16. The normalized spacial score (nSPS) is 12.2. The number of nitrogens with zero attached hydrogens (tertiary/aromatic N) is 2. The van der Waals surface area contributed by atoms with Crippen LogP contribution in [0.15, 0.2) is 36.3 Å². The highest BCUT2D eigenvalue weighted by Gasteiger charge is 2.00. The van der Waals surface area contributed by atoms with Crippen LogP contribution in [0.5, 0.6) is 0 Å². The van der Waals surface area contributed by atoms with E-state index in [9.17, 15) is 0 Å². The highest BCUT2D eigenvalue weighted by molar-refractivity contribution is 8.03. The first kappa shape index (κ1) is 17.5. The van der Waals surface area contributed by atoms with Crippen LogP contribution in [0.3, 0.4) is 0 Å². The summed E-state index contributed by atoms with van der Waals surface area (Å²) in [5.74, 6) is 1.10. The van der Waals surface area contributed by atoms with Crippen molar-refractivity contribution in [2.75, 3.05) is 46.0 Å². The van der Waals surface area contributed by atoms with Gasteiger partial charge in [-0.2, -0.15) is 0 Å². The molecule has 0 aromatic heterocycles. The van der Waals surface area contributed by atoms with Crippen LogP contribution in [0.2, 0.25) is 0 Å². The summed E-state index contributed by atoms with van der Waals surface area (Å²) in [6.45, 7) is 14.3. The molecule has 0 heterocycles. The minimum Gasteiger partial charge on any atom is -0.307 e. The molecule has 0 amide bonds. The molecule has 18 heavy (non-hydrogen) atoms. The highest BCUT2D eigenvalue weighted by atomic mass is 32.2. The maximum Gasteiger partial charge on any atom is 0.0108 e. The third-order valence-electron chi connectivity index (χ3n) is 2.84. The molecule has 3 heteroatoms. The Morgan fingerprint density at radius 2 is 1.78 bits per heavy atom. The summed E-state index contributed by atoms with van der Waals surface area (Å²) in [6.07, 6.45) is 6.95. The minimum absolute atomic E-state index is 1.10. The van der Waals surface area contributed by atoms with Crippen LogP contribution in [0.4, 0.5) is 0 Å². The Bertz CT molecular complexity index is 261. The van der Waals surface area contributed by atoms with Crippen LogP contribution in [0.25, 0.3) is 0 Å². The first-order valence-corrected chi connectivity index (χ1v) is 7.57. The molecule has 0 aliphatic heterocycles. The maximum absolute atomic E-state index is 3.80. The largest absolute Gasteiger partial charge is 0.307 e. The molecule has 0 atom stereocenters. The standard InChI is InChI=1S/C15H28N2S/c1-6-10-15(7-2)18-14-13-17(5)12-9-11-16(4)8-3/h6-7,10H,1-2,8-9,11-14H2,3-5H3/b15-10+. The molecule has 0 aromatic rings. The third-order valence-corrected chi connectivity index (χ3v) is 3.87. The molecule has 0 radical (unpaired) electrons. The Labute approximate surface area is 117 Å². The van der Waals surface area contributed by atoms with E-state index in [0.717, 1.165) is 18.8 Å². The van der Waals surface area contributed by atoms with Gasteiger partial charge in [-0.05, 0) is 46.2 Å². The Morgan fingerprint density at radius 3 is 2.33 bits per heavy atom. The molecule has 0 unspecified atom stereocenters. The molecule has 0 aliphatic rings. The molecule has 2 nitrogen and oxygen atoms in total. The van der Waals surface area contributed by atoms with Crippen LogP contribution in [0, 0.1) is 0 Å². The Hall–Kier alpha value is -0.510. The van der Waals surface area contributed by atoms with Gasteiger partial charge in [0.2, 0.25) is 0 Å². The van der Waals surface area contributed by atoms with E-state index in [1.807, 2.05) is 30.0 Å². The van der Waals surface area contributed by atoms with Gasteiger partial charge < -0.3 is 9.80 Å². The number of allylic oxidation sites excluding steroid dienone is 3. The summed E-state index contributed by atoms with van der Waals surface area (Å²) in [5.41, 5.74) is 0. The van der Waals surface area contributed by atoms with Gasteiger partial charge >= 0.3 is 0 Å². The molecule has 0 saturated carbocycles. The van der Waals surface area contributed by atoms with E-state index in [4.69, 9.17) is 0 Å². The molecular formula is C15H28N2S. The number of rotatable bonds is 11. The SMILES string of the molecule is C=C/C=C(\C=C)SCCN(C)CCCN(C)CC. The summed E-state index contributed by atoms with van der Waals surface area (Å²) < 4.78 is 0. The zero-order valence-electron chi connectivity index (χ0n) is 12.2. The Kier molecular flexibility index (Phi) is 11.2. The van der Waals surface area contributed by atoms with Crippen molar-refractivity contribution in [1.29, 1.82) is 0 Å². The zero-order chi connectivity index (χ0) is 13.8. The second kappa shape index (κ2) is 11.6. The van der Waals surface area contributed by atoms with Crippen molar-refractivity contribution in [3.8, 4) is 0 Å². The molecule has 0 aliphatic carbocycles. The van der Waals surface area contributed by atoms with Gasteiger partial charge in [-0.15, -0.1) is 11.8 Å². The topological polar surface area (TPSA) is 6.48 Å². The minimum atomic E-state index is 1.10. The summed E-state index contributed by atoms with van der Waals surface area (Å²) in [7, 11) is 4.36. The average Bonchev–Trinajstić information content (AvgIpc) is 2.37. The maximum atomic E-state index is 3.80. The summed E-state index contributed by atoms with van der Waals surface area (Å²) >= 11 is 1.84. The van der Waals surface area contributed by atoms with Gasteiger partial charge in [0.15, 0.2) is 0 Å². The third kappa shape index (κ3) is 9.51. The van der Waals surface area contributed by atoms with Gasteiger partial charge in [0, 0.05) is 17.2 Å². The van der Waals surface area contributed by atoms with Gasteiger partial charge in [-0.25, -0.2) is 0 Å². The summed E-state index contributed by atoms with van der Waals surface area (Å²) in [5, 5.41) is 0. The van der Waals surface area contributed by atoms with Crippen LogP contribution < -0.4 is 0 Å². The molecule has 0 bridgehead atoms. The predicted octanol–water partition coefficient (Wildman–Crippen LogP) is 3.25. The van der Waals surface area contributed by atoms with Gasteiger partial charge in [-0.1, -0.05) is 32.2 Å². The number of hydrogen-bond acceptors (Lipinski definition) is 3. The second-order valence-corrected chi connectivity index (χ2v) is 5.58.